The second-order valence-electron chi connectivity index (χ2n) is 6.93. The van der Waals surface area contributed by atoms with E-state index < -0.39 is 0 Å². The van der Waals surface area contributed by atoms with Crippen LogP contribution < -0.4 is 10.2 Å². The van der Waals surface area contributed by atoms with E-state index in [0.717, 1.165) is 0 Å². The Bertz CT molecular complexity index is 458. The van der Waals surface area contributed by atoms with Crippen molar-refractivity contribution in [3.63, 3.8) is 0 Å². The van der Waals surface area contributed by atoms with Gasteiger partial charge in [0.05, 0.1) is 6.04 Å². The van der Waals surface area contributed by atoms with Crippen molar-refractivity contribution in [1.29, 1.82) is 0 Å². The maximum atomic E-state index is 12.0. The quantitative estimate of drug-likeness (QED) is 0.905. The molecular weight excluding hydrogens is 262 g/mol. The second-order valence-corrected chi connectivity index (χ2v) is 6.93. The highest BCUT2D eigenvalue weighted by Crippen LogP contribution is 2.21. The van der Waals surface area contributed by atoms with Gasteiger partial charge in [-0.3, -0.25) is 4.79 Å². The van der Waals surface area contributed by atoms with E-state index in [1.54, 1.807) is 0 Å². The smallest absolute Gasteiger partial charge is 0.225 e. The van der Waals surface area contributed by atoms with Gasteiger partial charge in [0.2, 0.25) is 5.91 Å². The van der Waals surface area contributed by atoms with E-state index in [1.807, 2.05) is 49.0 Å². The molecule has 1 amide bonds. The summed E-state index contributed by atoms with van der Waals surface area (Å²) >= 11 is 0. The van der Waals surface area contributed by atoms with Crippen LogP contribution in [0.15, 0.2) is 24.3 Å². The average Bonchev–Trinajstić information content (AvgIpc) is 2.37. The van der Waals surface area contributed by atoms with E-state index in [0.29, 0.717) is 6.54 Å². The van der Waals surface area contributed by atoms with E-state index in [9.17, 15) is 4.79 Å². The minimum Gasteiger partial charge on any atom is -0.378 e. The summed E-state index contributed by atoms with van der Waals surface area (Å²) in [5.41, 5.74) is 2.03. The monoisotopic (exact) mass is 291 g/mol. The first-order chi connectivity index (χ1) is 9.62. The van der Waals surface area contributed by atoms with Gasteiger partial charge >= 0.3 is 0 Å². The molecule has 1 aromatic rings. The molecule has 1 rings (SSSR count). The number of anilines is 1. The topological polar surface area (TPSA) is 35.6 Å². The molecule has 0 spiro atoms. The van der Waals surface area contributed by atoms with E-state index in [1.165, 1.54) is 11.3 Å². The minimum atomic E-state index is -0.356. The molecule has 1 aromatic carbocycles. The van der Waals surface area contributed by atoms with Crippen molar-refractivity contribution in [2.75, 3.05) is 39.6 Å². The van der Waals surface area contributed by atoms with Crippen LogP contribution in [-0.2, 0) is 4.79 Å². The van der Waals surface area contributed by atoms with Crippen LogP contribution in [0, 0.1) is 5.41 Å². The van der Waals surface area contributed by atoms with Crippen LogP contribution in [-0.4, -0.2) is 45.5 Å². The van der Waals surface area contributed by atoms with Crippen LogP contribution in [0.3, 0.4) is 0 Å². The Balaban J connectivity index is 2.80. The molecule has 0 aliphatic heterocycles. The van der Waals surface area contributed by atoms with Crippen molar-refractivity contribution in [3.05, 3.63) is 29.8 Å². The summed E-state index contributed by atoms with van der Waals surface area (Å²) in [7, 11) is 8.13. The van der Waals surface area contributed by atoms with Crippen molar-refractivity contribution >= 4 is 11.6 Å². The Morgan fingerprint density at radius 2 is 1.62 bits per heavy atom. The molecule has 0 aromatic heterocycles. The number of rotatable bonds is 5. The first-order valence-electron chi connectivity index (χ1n) is 7.35. The number of benzene rings is 1. The zero-order chi connectivity index (χ0) is 16.2. The van der Waals surface area contributed by atoms with Gasteiger partial charge < -0.3 is 15.1 Å². The Kier molecular flexibility index (Phi) is 5.78. The van der Waals surface area contributed by atoms with Gasteiger partial charge in [-0.05, 0) is 31.8 Å². The lowest BCUT2D eigenvalue weighted by Crippen LogP contribution is -2.40. The number of carbonyl (C=O) groups is 1. The number of amides is 1. The summed E-state index contributed by atoms with van der Waals surface area (Å²) in [6.45, 7) is 6.40. The van der Waals surface area contributed by atoms with Crippen molar-refractivity contribution in [1.82, 2.24) is 10.2 Å². The van der Waals surface area contributed by atoms with Crippen LogP contribution in [0.2, 0.25) is 0 Å². The molecule has 0 heterocycles. The standard InChI is InChI=1S/C17H29N3O/c1-17(2,3)16(21)18-12-15(20(6)7)13-8-10-14(11-9-13)19(4)5/h8-11,15H,12H2,1-7H3,(H,18,21). The van der Waals surface area contributed by atoms with Gasteiger partial charge in [0.25, 0.3) is 0 Å². The third-order valence-corrected chi connectivity index (χ3v) is 3.55. The highest BCUT2D eigenvalue weighted by atomic mass is 16.2. The third kappa shape index (κ3) is 5.05. The van der Waals surface area contributed by atoms with E-state index >= 15 is 0 Å². The maximum absolute atomic E-state index is 12.0. The number of likely N-dealkylation sites (N-methyl/N-ethyl adjacent to an activating group) is 1. The maximum Gasteiger partial charge on any atom is 0.225 e. The van der Waals surface area contributed by atoms with Gasteiger partial charge in [0.1, 0.15) is 0 Å². The largest absolute Gasteiger partial charge is 0.378 e. The first kappa shape index (κ1) is 17.5. The Morgan fingerprint density at radius 1 is 1.10 bits per heavy atom. The van der Waals surface area contributed by atoms with E-state index in [4.69, 9.17) is 0 Å². The highest BCUT2D eigenvalue weighted by Gasteiger charge is 2.23. The fraction of sp³-hybridized carbons (Fsp3) is 0.588. The number of hydrogen-bond acceptors (Lipinski definition) is 3. The molecule has 0 bridgehead atoms. The Hall–Kier alpha value is -1.55. The average molecular weight is 291 g/mol. The van der Waals surface area contributed by atoms with Crippen molar-refractivity contribution in [3.8, 4) is 0 Å². The second kappa shape index (κ2) is 6.94. The fourth-order valence-electron chi connectivity index (χ4n) is 2.05. The van der Waals surface area contributed by atoms with Gasteiger partial charge in [0, 0.05) is 31.7 Å². The van der Waals surface area contributed by atoms with Crippen molar-refractivity contribution in [2.45, 2.75) is 26.8 Å². The lowest BCUT2D eigenvalue weighted by Gasteiger charge is -2.27. The van der Waals surface area contributed by atoms with Crippen LogP contribution >= 0.6 is 0 Å². The molecule has 0 aliphatic carbocycles. The van der Waals surface area contributed by atoms with Gasteiger partial charge in [-0.2, -0.15) is 0 Å². The molecule has 4 nitrogen and oxygen atoms in total. The van der Waals surface area contributed by atoms with E-state index in [2.05, 4.69) is 39.4 Å². The summed E-state index contributed by atoms with van der Waals surface area (Å²) in [4.78, 5) is 16.2. The lowest BCUT2D eigenvalue weighted by molar-refractivity contribution is -0.128. The first-order valence-corrected chi connectivity index (χ1v) is 7.35. The predicted octanol–water partition coefficient (Wildman–Crippen LogP) is 2.52. The molecule has 0 aliphatic rings. The number of nitrogens with zero attached hydrogens (tertiary/aromatic N) is 2. The molecule has 0 radical (unpaired) electrons. The fourth-order valence-corrected chi connectivity index (χ4v) is 2.05. The summed E-state index contributed by atoms with van der Waals surface area (Å²) in [6.07, 6.45) is 0. The van der Waals surface area contributed by atoms with Crippen LogP contribution in [0.5, 0.6) is 0 Å². The third-order valence-electron chi connectivity index (χ3n) is 3.55. The lowest BCUT2D eigenvalue weighted by atomic mass is 9.95. The normalized spacial score (nSPS) is 13.1. The molecule has 1 unspecified atom stereocenters. The number of nitrogens with one attached hydrogen (secondary N) is 1. The van der Waals surface area contributed by atoms with Crippen LogP contribution in [0.1, 0.15) is 32.4 Å². The SMILES string of the molecule is CN(C)c1ccc(C(CNC(=O)C(C)(C)C)N(C)C)cc1. The summed E-state index contributed by atoms with van der Waals surface area (Å²) in [6, 6.07) is 8.65. The molecule has 1 N–H and O–H groups in total. The molecule has 118 valence electrons. The van der Waals surface area contributed by atoms with Crippen molar-refractivity contribution < 1.29 is 4.79 Å². The molecule has 1 atom stereocenters. The number of hydrogen-bond donors (Lipinski definition) is 1. The molecule has 0 fully saturated rings. The van der Waals surface area contributed by atoms with Gasteiger partial charge in [0.15, 0.2) is 0 Å². The van der Waals surface area contributed by atoms with Gasteiger partial charge in [-0.25, -0.2) is 0 Å². The molecule has 0 saturated heterocycles. The summed E-state index contributed by atoms with van der Waals surface area (Å²) in [5.74, 6) is 0.0826. The zero-order valence-corrected chi connectivity index (χ0v) is 14.4. The van der Waals surface area contributed by atoms with Crippen LogP contribution in [0.25, 0.3) is 0 Å². The van der Waals surface area contributed by atoms with E-state index in [-0.39, 0.29) is 17.4 Å². The number of carbonyl (C=O) groups excluding carboxylic acids is 1. The van der Waals surface area contributed by atoms with Gasteiger partial charge in [-0.15, -0.1) is 0 Å². The zero-order valence-electron chi connectivity index (χ0n) is 14.4. The molecule has 4 heteroatoms. The minimum absolute atomic E-state index is 0.0826. The highest BCUT2D eigenvalue weighted by molar-refractivity contribution is 5.81. The molecule has 21 heavy (non-hydrogen) atoms. The summed E-state index contributed by atoms with van der Waals surface area (Å²) < 4.78 is 0. The molecular formula is C17H29N3O. The molecule has 0 saturated carbocycles. The summed E-state index contributed by atoms with van der Waals surface area (Å²) in [5, 5.41) is 3.05. The Labute approximate surface area is 129 Å². The van der Waals surface area contributed by atoms with Crippen molar-refractivity contribution in [2.24, 2.45) is 5.41 Å². The van der Waals surface area contributed by atoms with Gasteiger partial charge in [-0.1, -0.05) is 32.9 Å². The predicted molar refractivity (Wildman–Crippen MR) is 89.7 cm³/mol. The Morgan fingerprint density at radius 3 is 2.00 bits per heavy atom. The van der Waals surface area contributed by atoms with Crippen LogP contribution in [0.4, 0.5) is 5.69 Å².